The summed E-state index contributed by atoms with van der Waals surface area (Å²) >= 11 is 3.39. The van der Waals surface area contributed by atoms with Gasteiger partial charge in [-0.3, -0.25) is 0 Å². The molecule has 0 aromatic carbocycles. The largest absolute Gasteiger partial charge is 0.326 e. The van der Waals surface area contributed by atoms with E-state index in [4.69, 9.17) is 5.73 Å². The monoisotopic (exact) mass is 210 g/mol. The molecular formula is C9H10N2S2. The van der Waals surface area contributed by atoms with E-state index in [-0.39, 0.29) is 0 Å². The van der Waals surface area contributed by atoms with Crippen LogP contribution in [-0.2, 0) is 6.54 Å². The Labute approximate surface area is 85.1 Å². The molecular weight excluding hydrogens is 200 g/mol. The molecule has 0 radical (unpaired) electrons. The lowest BCUT2D eigenvalue weighted by atomic mass is 10.3. The topological polar surface area (TPSA) is 38.9 Å². The van der Waals surface area contributed by atoms with Gasteiger partial charge in [-0.15, -0.1) is 22.7 Å². The van der Waals surface area contributed by atoms with E-state index in [1.165, 1.54) is 9.75 Å². The van der Waals surface area contributed by atoms with Crippen molar-refractivity contribution in [1.82, 2.24) is 4.98 Å². The van der Waals surface area contributed by atoms with Crippen molar-refractivity contribution in [1.29, 1.82) is 0 Å². The lowest BCUT2D eigenvalue weighted by molar-refractivity contribution is 1.10. The molecule has 0 aliphatic rings. The van der Waals surface area contributed by atoms with Crippen LogP contribution in [0.4, 0.5) is 0 Å². The van der Waals surface area contributed by atoms with Crippen molar-refractivity contribution in [2.45, 2.75) is 13.5 Å². The van der Waals surface area contributed by atoms with Crippen LogP contribution in [-0.4, -0.2) is 4.98 Å². The SMILES string of the molecule is Cc1nc(-c2cccs2)c(CN)s1. The van der Waals surface area contributed by atoms with E-state index >= 15 is 0 Å². The second-order valence-electron chi connectivity index (χ2n) is 2.69. The predicted octanol–water partition coefficient (Wildman–Crippen LogP) is 2.64. The van der Waals surface area contributed by atoms with E-state index < -0.39 is 0 Å². The van der Waals surface area contributed by atoms with Crippen molar-refractivity contribution in [2.75, 3.05) is 0 Å². The molecule has 0 aliphatic heterocycles. The van der Waals surface area contributed by atoms with Gasteiger partial charge in [0.25, 0.3) is 0 Å². The van der Waals surface area contributed by atoms with Crippen LogP contribution in [0.2, 0.25) is 0 Å². The van der Waals surface area contributed by atoms with Crippen molar-refractivity contribution < 1.29 is 0 Å². The summed E-state index contributed by atoms with van der Waals surface area (Å²) in [5.74, 6) is 0. The van der Waals surface area contributed by atoms with E-state index in [9.17, 15) is 0 Å². The summed E-state index contributed by atoms with van der Waals surface area (Å²) in [7, 11) is 0. The highest BCUT2D eigenvalue weighted by Gasteiger charge is 2.09. The smallest absolute Gasteiger partial charge is 0.0959 e. The van der Waals surface area contributed by atoms with Gasteiger partial charge in [-0.05, 0) is 18.4 Å². The Morgan fingerprint density at radius 1 is 1.54 bits per heavy atom. The first-order valence-electron chi connectivity index (χ1n) is 4.01. The molecule has 0 atom stereocenters. The standard InChI is InChI=1S/C9H10N2S2/c1-6-11-9(8(5-10)13-6)7-3-2-4-12-7/h2-4H,5,10H2,1H3. The Morgan fingerprint density at radius 3 is 3.00 bits per heavy atom. The highest BCUT2D eigenvalue weighted by molar-refractivity contribution is 7.15. The zero-order valence-corrected chi connectivity index (χ0v) is 8.91. The number of hydrogen-bond donors (Lipinski definition) is 1. The zero-order valence-electron chi connectivity index (χ0n) is 7.28. The van der Waals surface area contributed by atoms with Gasteiger partial charge in [0.05, 0.1) is 15.6 Å². The molecule has 0 fully saturated rings. The molecule has 13 heavy (non-hydrogen) atoms. The van der Waals surface area contributed by atoms with Crippen molar-refractivity contribution in [3.63, 3.8) is 0 Å². The molecule has 68 valence electrons. The first-order chi connectivity index (χ1) is 6.31. The van der Waals surface area contributed by atoms with Crippen molar-refractivity contribution in [3.8, 4) is 10.6 Å². The van der Waals surface area contributed by atoms with Crippen molar-refractivity contribution in [2.24, 2.45) is 5.73 Å². The number of thiazole rings is 1. The third-order valence-electron chi connectivity index (χ3n) is 1.74. The van der Waals surface area contributed by atoms with Crippen LogP contribution in [0.3, 0.4) is 0 Å². The number of rotatable bonds is 2. The Balaban J connectivity index is 2.50. The third kappa shape index (κ3) is 1.65. The number of hydrogen-bond acceptors (Lipinski definition) is 4. The summed E-state index contributed by atoms with van der Waals surface area (Å²) < 4.78 is 0. The molecule has 2 N–H and O–H groups in total. The molecule has 2 nitrogen and oxygen atoms in total. The fourth-order valence-corrected chi connectivity index (χ4v) is 2.85. The van der Waals surface area contributed by atoms with Gasteiger partial charge in [0.1, 0.15) is 0 Å². The molecule has 2 rings (SSSR count). The average molecular weight is 210 g/mol. The minimum Gasteiger partial charge on any atom is -0.326 e. The summed E-state index contributed by atoms with van der Waals surface area (Å²) in [5, 5.41) is 3.15. The molecule has 0 amide bonds. The van der Waals surface area contributed by atoms with Gasteiger partial charge in [0.15, 0.2) is 0 Å². The van der Waals surface area contributed by atoms with Gasteiger partial charge >= 0.3 is 0 Å². The Bertz CT molecular complexity index is 390. The lowest BCUT2D eigenvalue weighted by Crippen LogP contribution is -1.94. The van der Waals surface area contributed by atoms with Crippen LogP contribution in [0.1, 0.15) is 9.88 Å². The van der Waals surface area contributed by atoms with Crippen LogP contribution in [0.5, 0.6) is 0 Å². The number of nitrogens with two attached hydrogens (primary N) is 1. The second-order valence-corrected chi connectivity index (χ2v) is 4.92. The maximum Gasteiger partial charge on any atom is 0.0959 e. The molecule has 4 heteroatoms. The normalized spacial score (nSPS) is 10.6. The van der Waals surface area contributed by atoms with Crippen LogP contribution < -0.4 is 5.73 Å². The summed E-state index contributed by atoms with van der Waals surface area (Å²) in [6.45, 7) is 2.60. The van der Waals surface area contributed by atoms with E-state index in [2.05, 4.69) is 16.4 Å². The maximum absolute atomic E-state index is 5.65. The van der Waals surface area contributed by atoms with Gasteiger partial charge in [-0.25, -0.2) is 4.98 Å². The fourth-order valence-electron chi connectivity index (χ4n) is 1.21. The fraction of sp³-hybridized carbons (Fsp3) is 0.222. The molecule has 0 spiro atoms. The van der Waals surface area contributed by atoms with Gasteiger partial charge in [-0.1, -0.05) is 6.07 Å². The molecule has 0 aliphatic carbocycles. The molecule has 0 bridgehead atoms. The first-order valence-corrected chi connectivity index (χ1v) is 5.71. The Morgan fingerprint density at radius 2 is 2.38 bits per heavy atom. The van der Waals surface area contributed by atoms with Crippen LogP contribution in [0.15, 0.2) is 17.5 Å². The van der Waals surface area contributed by atoms with Gasteiger partial charge in [0.2, 0.25) is 0 Å². The molecule has 0 saturated heterocycles. The van der Waals surface area contributed by atoms with Gasteiger partial charge in [-0.2, -0.15) is 0 Å². The number of aryl methyl sites for hydroxylation is 1. The van der Waals surface area contributed by atoms with Crippen molar-refractivity contribution in [3.05, 3.63) is 27.4 Å². The molecule has 2 aromatic rings. The van der Waals surface area contributed by atoms with E-state index in [0.717, 1.165) is 10.7 Å². The predicted molar refractivity (Wildman–Crippen MR) is 58.1 cm³/mol. The minimum atomic E-state index is 0.582. The lowest BCUT2D eigenvalue weighted by Gasteiger charge is -1.93. The molecule has 2 heterocycles. The highest BCUT2D eigenvalue weighted by Crippen LogP contribution is 2.30. The van der Waals surface area contributed by atoms with Crippen molar-refractivity contribution >= 4 is 22.7 Å². The summed E-state index contributed by atoms with van der Waals surface area (Å²) in [4.78, 5) is 6.87. The Hall–Kier alpha value is -0.710. The zero-order chi connectivity index (χ0) is 9.26. The van der Waals surface area contributed by atoms with E-state index in [0.29, 0.717) is 6.54 Å². The summed E-state index contributed by atoms with van der Waals surface area (Å²) in [6.07, 6.45) is 0. The maximum atomic E-state index is 5.65. The first kappa shape index (κ1) is 8.87. The van der Waals surface area contributed by atoms with Gasteiger partial charge < -0.3 is 5.73 Å². The molecule has 0 saturated carbocycles. The highest BCUT2D eigenvalue weighted by atomic mass is 32.1. The van der Waals surface area contributed by atoms with Gasteiger partial charge in [0, 0.05) is 11.4 Å². The van der Waals surface area contributed by atoms with Crippen LogP contribution in [0.25, 0.3) is 10.6 Å². The number of thiophene rings is 1. The Kier molecular flexibility index (Phi) is 2.44. The second kappa shape index (κ2) is 3.57. The van der Waals surface area contributed by atoms with Crippen LogP contribution >= 0.6 is 22.7 Å². The quantitative estimate of drug-likeness (QED) is 0.827. The summed E-state index contributed by atoms with van der Waals surface area (Å²) in [5.41, 5.74) is 6.71. The van der Waals surface area contributed by atoms with E-state index in [1.54, 1.807) is 22.7 Å². The molecule has 2 aromatic heterocycles. The molecule has 0 unspecified atom stereocenters. The number of nitrogens with zero attached hydrogens (tertiary/aromatic N) is 1. The average Bonchev–Trinajstić information content (AvgIpc) is 2.71. The van der Waals surface area contributed by atoms with Crippen LogP contribution in [0, 0.1) is 6.92 Å². The summed E-state index contributed by atoms with van der Waals surface area (Å²) in [6, 6.07) is 4.12. The minimum absolute atomic E-state index is 0.582. The third-order valence-corrected chi connectivity index (χ3v) is 3.61. The number of aromatic nitrogens is 1. The van der Waals surface area contributed by atoms with E-state index in [1.807, 2.05) is 13.0 Å².